The molecule has 12 rings (SSSR count). The van der Waals surface area contributed by atoms with Gasteiger partial charge in [0, 0.05) is 44.4 Å². The Labute approximate surface area is 541 Å². The van der Waals surface area contributed by atoms with Crippen LogP contribution in [0.4, 0.5) is 87.8 Å². The molecule has 4 aliphatic heterocycles. The Hall–Kier alpha value is -10.6. The molecule has 498 valence electrons. The molecule has 2 N–H and O–H groups in total. The summed E-state index contributed by atoms with van der Waals surface area (Å²) in [4.78, 5) is 23.3. The zero-order chi connectivity index (χ0) is 70.7. The number of aromatic nitrogens is 6. The molecule has 0 spiro atoms. The van der Waals surface area contributed by atoms with Crippen molar-refractivity contribution in [3.63, 3.8) is 0 Å². The van der Waals surface area contributed by atoms with Gasteiger partial charge in [0.05, 0.1) is 78.9 Å². The third kappa shape index (κ3) is 10.6. The minimum Gasteiger partial charge on any atom is -0.354 e. The fourth-order valence-electron chi connectivity index (χ4n) is 12.7. The van der Waals surface area contributed by atoms with Crippen molar-refractivity contribution in [2.45, 2.75) is 58.2 Å². The topological polar surface area (TPSA) is 83.1 Å². The maximum atomic E-state index is 16.6. The molecule has 7 heterocycles. The standard InChI is InChI=1S/C71H40F20N6Si/c1-26(2)98(27(3)4,28(5)6)25-24-30-31-12-14-35(92-31)44(48-52(72)60(80)68(88)61(81)53(48)73)39-20-22-41(96-39)46(50-56(76)64(84)70(90)65(85)57(50)77)37-18-16-33(94-37)43(29-10-8-7-9-11-29)34-17-19-38(95-34)47(51-58(78)66(86)71(91)67(87)59(51)79)42-23-21-40(97-42)45(36-15-13-32(30)93-36)49-54(74)62(82)69(89)63(83)55(49)75/h7-23,26-28,92,95H,1-6H3. The summed E-state index contributed by atoms with van der Waals surface area (Å²) in [6, 6.07) is 11.5. The highest BCUT2D eigenvalue weighted by Crippen LogP contribution is 2.46. The molecule has 27 heteroatoms. The molecule has 0 amide bonds. The predicted octanol–water partition coefficient (Wildman–Crippen LogP) is 21.3. The second kappa shape index (κ2) is 25.1. The smallest absolute Gasteiger partial charge is 0.200 e. The molecule has 0 aliphatic carbocycles. The Balaban J connectivity index is 1.37. The SMILES string of the molecule is CC(C)[Si](C#Cc1c2nc(c(-c3c(F)c(F)c(F)c(F)c3F)c3nc(c(-c4c(F)c(F)c(F)c(F)c4F)c4ccc([nH]4)c(-c4ccccc4)c4nc(c(-c5c(F)c(F)c(F)c(F)c5F)c5nc(c(-c6c(F)c(F)c(F)c(F)c6F)c6ccc1[nH]6)C=C5)C=C4)C=C3)C=C2)(C(C)C)C(C)C. The van der Waals surface area contributed by atoms with E-state index < -0.39 is 214 Å². The van der Waals surface area contributed by atoms with Crippen LogP contribution in [0.2, 0.25) is 16.6 Å². The van der Waals surface area contributed by atoms with Crippen molar-refractivity contribution in [3.05, 3.63) is 222 Å². The zero-order valence-electron chi connectivity index (χ0n) is 50.9. The van der Waals surface area contributed by atoms with Crippen molar-refractivity contribution >= 4 is 78.7 Å². The van der Waals surface area contributed by atoms with E-state index in [-0.39, 0.29) is 55.7 Å². The van der Waals surface area contributed by atoms with Gasteiger partial charge in [0.2, 0.25) is 23.3 Å². The summed E-state index contributed by atoms with van der Waals surface area (Å²) in [7, 11) is -2.99. The number of fused-ring (bicyclic) bond motifs is 12. The van der Waals surface area contributed by atoms with Crippen LogP contribution < -0.4 is 0 Å². The zero-order valence-corrected chi connectivity index (χ0v) is 51.9. The number of hydrogen-bond acceptors (Lipinski definition) is 4. The fraction of sp³-hybridized carbons (Fsp3) is 0.127. The Morgan fingerprint density at radius 3 is 0.816 bits per heavy atom. The molecule has 0 saturated carbocycles. The third-order valence-electron chi connectivity index (χ3n) is 17.2. The highest BCUT2D eigenvalue weighted by molar-refractivity contribution is 6.90. The quantitative estimate of drug-likeness (QED) is 0.0522. The molecular weight excluding hydrogens is 1340 g/mol. The van der Waals surface area contributed by atoms with Crippen LogP contribution in [0.5, 0.6) is 0 Å². The van der Waals surface area contributed by atoms with Gasteiger partial charge in [-0.1, -0.05) is 77.8 Å². The van der Waals surface area contributed by atoms with Crippen LogP contribution in [-0.2, 0) is 0 Å². The lowest BCUT2D eigenvalue weighted by Crippen LogP contribution is -2.43. The van der Waals surface area contributed by atoms with E-state index in [2.05, 4.69) is 41.4 Å². The minimum atomic E-state index is -2.99. The van der Waals surface area contributed by atoms with Gasteiger partial charge in [-0.05, 0) is 95.1 Å². The molecule has 0 atom stereocenters. The number of benzene rings is 5. The lowest BCUT2D eigenvalue weighted by atomic mass is 10.00. The first-order valence-electron chi connectivity index (χ1n) is 29.3. The van der Waals surface area contributed by atoms with Crippen LogP contribution in [0.3, 0.4) is 0 Å². The summed E-state index contributed by atoms with van der Waals surface area (Å²) < 4.78 is 317. The average molecular weight is 1390 g/mol. The van der Waals surface area contributed by atoms with Gasteiger partial charge >= 0.3 is 0 Å². The van der Waals surface area contributed by atoms with E-state index in [1.807, 2.05) is 41.5 Å². The Morgan fingerprint density at radius 2 is 0.500 bits per heavy atom. The lowest BCUT2D eigenvalue weighted by molar-refractivity contribution is 0.381. The van der Waals surface area contributed by atoms with Gasteiger partial charge in [-0.25, -0.2) is 108 Å². The predicted molar refractivity (Wildman–Crippen MR) is 332 cm³/mol. The molecule has 5 aromatic carbocycles. The van der Waals surface area contributed by atoms with E-state index in [0.717, 1.165) is 72.9 Å². The monoisotopic (exact) mass is 1380 g/mol. The van der Waals surface area contributed by atoms with Crippen molar-refractivity contribution in [1.29, 1.82) is 0 Å². The first-order chi connectivity index (χ1) is 46.4. The molecule has 98 heavy (non-hydrogen) atoms. The van der Waals surface area contributed by atoms with Gasteiger partial charge in [-0.3, -0.25) is 0 Å². The molecule has 12 bridgehead atoms. The van der Waals surface area contributed by atoms with E-state index >= 15 is 70.2 Å². The Kier molecular flexibility index (Phi) is 17.3. The minimum absolute atomic E-state index is 0.105. The summed E-state index contributed by atoms with van der Waals surface area (Å²) >= 11 is 0. The van der Waals surface area contributed by atoms with Gasteiger partial charge in [-0.2, -0.15) is 0 Å². The first-order valence-corrected chi connectivity index (χ1v) is 31.5. The molecule has 8 aromatic rings. The van der Waals surface area contributed by atoms with Crippen molar-refractivity contribution in [3.8, 4) is 67.1 Å². The number of H-pyrrole nitrogens is 2. The van der Waals surface area contributed by atoms with Crippen molar-refractivity contribution in [1.82, 2.24) is 29.9 Å². The van der Waals surface area contributed by atoms with Crippen molar-refractivity contribution in [2.75, 3.05) is 0 Å². The highest BCUT2D eigenvalue weighted by Gasteiger charge is 2.42. The lowest BCUT2D eigenvalue weighted by Gasteiger charge is -2.38. The van der Waals surface area contributed by atoms with E-state index in [1.54, 1.807) is 0 Å². The van der Waals surface area contributed by atoms with E-state index in [1.165, 1.54) is 30.3 Å². The van der Waals surface area contributed by atoms with E-state index in [4.69, 9.17) is 0 Å². The normalized spacial score (nSPS) is 12.6. The molecule has 6 nitrogen and oxygen atoms in total. The van der Waals surface area contributed by atoms with E-state index in [9.17, 15) is 17.6 Å². The van der Waals surface area contributed by atoms with Gasteiger partial charge in [-0.15, -0.1) is 5.54 Å². The third-order valence-corrected chi connectivity index (χ3v) is 23.5. The second-order valence-corrected chi connectivity index (χ2v) is 29.1. The molecule has 0 saturated heterocycles. The van der Waals surface area contributed by atoms with E-state index in [0.29, 0.717) is 0 Å². The van der Waals surface area contributed by atoms with Gasteiger partial charge < -0.3 is 9.97 Å². The molecule has 0 unspecified atom stereocenters. The molecular formula is C71H40F20N6Si. The summed E-state index contributed by atoms with van der Waals surface area (Å²) in [6.45, 7) is 11.3. The summed E-state index contributed by atoms with van der Waals surface area (Å²) in [5.74, 6) is -47.4. The van der Waals surface area contributed by atoms with Gasteiger partial charge in [0.15, 0.2) is 93.1 Å². The van der Waals surface area contributed by atoms with Crippen LogP contribution in [0.25, 0.3) is 126 Å². The molecule has 3 aromatic heterocycles. The van der Waals surface area contributed by atoms with Crippen LogP contribution in [0, 0.1) is 128 Å². The van der Waals surface area contributed by atoms with Crippen LogP contribution >= 0.6 is 0 Å². The summed E-state index contributed by atoms with van der Waals surface area (Å²) in [5, 5.41) is 0. The maximum Gasteiger partial charge on any atom is 0.200 e. The molecule has 0 radical (unpaired) electrons. The Morgan fingerprint density at radius 1 is 0.265 bits per heavy atom. The number of hydrogen-bond donors (Lipinski definition) is 2. The van der Waals surface area contributed by atoms with Crippen LogP contribution in [-0.4, -0.2) is 38.0 Å². The van der Waals surface area contributed by atoms with Gasteiger partial charge in [0.1, 0.15) is 8.07 Å². The number of nitrogens with one attached hydrogen (secondary N) is 2. The largest absolute Gasteiger partial charge is 0.354 e. The second-order valence-electron chi connectivity index (χ2n) is 23.5. The van der Waals surface area contributed by atoms with Crippen LogP contribution in [0.15, 0.2) is 54.6 Å². The number of aromatic amines is 2. The summed E-state index contributed by atoms with van der Waals surface area (Å²) in [6.07, 6.45) is 7.32. The first kappa shape index (κ1) is 67.4. The van der Waals surface area contributed by atoms with Crippen LogP contribution in [0.1, 0.15) is 92.7 Å². The summed E-state index contributed by atoms with van der Waals surface area (Å²) in [5.41, 5.74) is -15.9. The van der Waals surface area contributed by atoms with Crippen molar-refractivity contribution < 1.29 is 87.8 Å². The maximum absolute atomic E-state index is 16.6. The number of halogens is 20. The number of rotatable bonds is 8. The average Bonchev–Trinajstić information content (AvgIpc) is 1.53. The highest BCUT2D eigenvalue weighted by atomic mass is 28.3. The number of nitrogens with zero attached hydrogens (tertiary/aromatic N) is 4. The molecule has 4 aliphatic rings. The Bertz CT molecular complexity index is 5270. The fourth-order valence-corrected chi connectivity index (χ4v) is 17.9. The van der Waals surface area contributed by atoms with Crippen molar-refractivity contribution in [2.24, 2.45) is 0 Å². The molecule has 0 fully saturated rings. The van der Waals surface area contributed by atoms with Gasteiger partial charge in [0.25, 0.3) is 0 Å².